The number of benzene rings is 1. The molecule has 0 aliphatic heterocycles. The molecule has 1 atom stereocenters. The molecule has 0 fully saturated rings. The SMILES string of the molecule is CCn1nc(C)c2ncnc(N[C@H](C)c3ccccc3)c21. The van der Waals surface area contributed by atoms with Gasteiger partial charge in [0, 0.05) is 6.54 Å². The lowest BCUT2D eigenvalue weighted by molar-refractivity contribution is 0.675. The smallest absolute Gasteiger partial charge is 0.156 e. The third-order valence-electron chi connectivity index (χ3n) is 3.65. The van der Waals surface area contributed by atoms with Crippen LogP contribution in [-0.2, 0) is 6.54 Å². The van der Waals surface area contributed by atoms with Crippen molar-refractivity contribution in [2.24, 2.45) is 0 Å². The first kappa shape index (κ1) is 13.5. The fourth-order valence-corrected chi connectivity index (χ4v) is 2.53. The molecule has 0 saturated carbocycles. The second-order valence-corrected chi connectivity index (χ2v) is 5.10. The van der Waals surface area contributed by atoms with Crippen molar-refractivity contribution in [3.05, 3.63) is 47.9 Å². The quantitative estimate of drug-likeness (QED) is 0.797. The molecule has 0 unspecified atom stereocenters. The highest BCUT2D eigenvalue weighted by Gasteiger charge is 2.15. The van der Waals surface area contributed by atoms with E-state index in [1.807, 2.05) is 29.8 Å². The van der Waals surface area contributed by atoms with Gasteiger partial charge in [0.15, 0.2) is 5.82 Å². The van der Waals surface area contributed by atoms with Crippen LogP contribution in [-0.4, -0.2) is 19.7 Å². The summed E-state index contributed by atoms with van der Waals surface area (Å²) in [5.41, 5.74) is 4.04. The predicted octanol–water partition coefficient (Wildman–Crippen LogP) is 3.33. The van der Waals surface area contributed by atoms with Crippen LogP contribution in [0.15, 0.2) is 36.7 Å². The summed E-state index contributed by atoms with van der Waals surface area (Å²) in [7, 11) is 0. The van der Waals surface area contributed by atoms with Gasteiger partial charge in [-0.05, 0) is 26.3 Å². The lowest BCUT2D eigenvalue weighted by Crippen LogP contribution is -2.10. The highest BCUT2D eigenvalue weighted by atomic mass is 15.3. The van der Waals surface area contributed by atoms with Gasteiger partial charge in [-0.1, -0.05) is 30.3 Å². The van der Waals surface area contributed by atoms with Crippen LogP contribution in [0.5, 0.6) is 0 Å². The summed E-state index contributed by atoms with van der Waals surface area (Å²) in [6, 6.07) is 10.5. The van der Waals surface area contributed by atoms with Gasteiger partial charge < -0.3 is 5.32 Å². The molecule has 0 radical (unpaired) electrons. The molecule has 1 N–H and O–H groups in total. The molecule has 21 heavy (non-hydrogen) atoms. The van der Waals surface area contributed by atoms with Gasteiger partial charge in [-0.15, -0.1) is 0 Å². The standard InChI is InChI=1S/C16H19N5/c1-4-21-15-14(12(3)20-21)17-10-18-16(15)19-11(2)13-8-6-5-7-9-13/h5-11H,4H2,1-3H3,(H,17,18,19)/t11-/m1/s1. The number of hydrogen-bond donors (Lipinski definition) is 1. The van der Waals surface area contributed by atoms with Gasteiger partial charge in [-0.2, -0.15) is 5.10 Å². The molecular formula is C16H19N5. The molecule has 1 aromatic carbocycles. The number of nitrogens with zero attached hydrogens (tertiary/aromatic N) is 4. The number of rotatable bonds is 4. The topological polar surface area (TPSA) is 55.6 Å². The van der Waals surface area contributed by atoms with Crippen LogP contribution in [0.1, 0.15) is 31.1 Å². The summed E-state index contributed by atoms with van der Waals surface area (Å²) in [5.74, 6) is 0.832. The summed E-state index contributed by atoms with van der Waals surface area (Å²) < 4.78 is 1.95. The van der Waals surface area contributed by atoms with Gasteiger partial charge >= 0.3 is 0 Å². The zero-order valence-electron chi connectivity index (χ0n) is 12.5. The Balaban J connectivity index is 2.01. The third-order valence-corrected chi connectivity index (χ3v) is 3.65. The molecule has 3 aromatic rings. The second kappa shape index (κ2) is 5.52. The van der Waals surface area contributed by atoms with E-state index in [9.17, 15) is 0 Å². The average Bonchev–Trinajstić information content (AvgIpc) is 2.86. The van der Waals surface area contributed by atoms with E-state index in [1.165, 1.54) is 5.56 Å². The van der Waals surface area contributed by atoms with E-state index >= 15 is 0 Å². The molecule has 3 rings (SSSR count). The highest BCUT2D eigenvalue weighted by Crippen LogP contribution is 2.25. The Morgan fingerprint density at radius 1 is 1.19 bits per heavy atom. The molecule has 108 valence electrons. The maximum absolute atomic E-state index is 4.52. The molecule has 2 heterocycles. The summed E-state index contributed by atoms with van der Waals surface area (Å²) in [5, 5.41) is 8.00. The fraction of sp³-hybridized carbons (Fsp3) is 0.312. The van der Waals surface area contributed by atoms with Gasteiger partial charge in [0.05, 0.1) is 11.7 Å². The number of nitrogens with one attached hydrogen (secondary N) is 1. The van der Waals surface area contributed by atoms with Crippen molar-refractivity contribution >= 4 is 16.9 Å². The van der Waals surface area contributed by atoms with Crippen molar-refractivity contribution in [3.63, 3.8) is 0 Å². The van der Waals surface area contributed by atoms with Crippen LogP contribution in [0.4, 0.5) is 5.82 Å². The van der Waals surface area contributed by atoms with Gasteiger partial charge in [-0.25, -0.2) is 9.97 Å². The van der Waals surface area contributed by atoms with Gasteiger partial charge in [0.2, 0.25) is 0 Å². The molecule has 2 aromatic heterocycles. The van der Waals surface area contributed by atoms with Crippen LogP contribution in [0.25, 0.3) is 11.0 Å². The van der Waals surface area contributed by atoms with Crippen molar-refractivity contribution in [2.75, 3.05) is 5.32 Å². The maximum atomic E-state index is 4.52. The van der Waals surface area contributed by atoms with Crippen molar-refractivity contribution < 1.29 is 0 Å². The number of aromatic nitrogens is 4. The van der Waals surface area contributed by atoms with Crippen LogP contribution in [0.3, 0.4) is 0 Å². The molecule has 0 bridgehead atoms. The van der Waals surface area contributed by atoms with Crippen molar-refractivity contribution in [2.45, 2.75) is 33.4 Å². The molecule has 0 aliphatic carbocycles. The Hall–Kier alpha value is -2.43. The molecule has 5 heteroatoms. The number of hydrogen-bond acceptors (Lipinski definition) is 4. The maximum Gasteiger partial charge on any atom is 0.156 e. The number of fused-ring (bicyclic) bond motifs is 1. The zero-order valence-corrected chi connectivity index (χ0v) is 12.5. The molecule has 0 amide bonds. The van der Waals surface area contributed by atoms with Crippen molar-refractivity contribution in [1.29, 1.82) is 0 Å². The van der Waals surface area contributed by atoms with Gasteiger partial charge in [0.25, 0.3) is 0 Å². The first-order chi connectivity index (χ1) is 10.2. The fourth-order valence-electron chi connectivity index (χ4n) is 2.53. The van der Waals surface area contributed by atoms with E-state index in [-0.39, 0.29) is 6.04 Å². The van der Waals surface area contributed by atoms with E-state index in [0.717, 1.165) is 29.1 Å². The molecular weight excluding hydrogens is 262 g/mol. The minimum Gasteiger partial charge on any atom is -0.362 e. The predicted molar refractivity (Wildman–Crippen MR) is 84.2 cm³/mol. The van der Waals surface area contributed by atoms with E-state index in [0.29, 0.717) is 0 Å². The van der Waals surface area contributed by atoms with Crippen molar-refractivity contribution in [3.8, 4) is 0 Å². The molecule has 0 saturated heterocycles. The minimum atomic E-state index is 0.171. The van der Waals surface area contributed by atoms with Crippen LogP contribution in [0, 0.1) is 6.92 Å². The Morgan fingerprint density at radius 3 is 2.67 bits per heavy atom. The lowest BCUT2D eigenvalue weighted by atomic mass is 10.1. The normalized spacial score (nSPS) is 12.5. The minimum absolute atomic E-state index is 0.171. The van der Waals surface area contributed by atoms with E-state index in [4.69, 9.17) is 0 Å². The summed E-state index contributed by atoms with van der Waals surface area (Å²) in [6.45, 7) is 6.98. The average molecular weight is 281 g/mol. The van der Waals surface area contributed by atoms with Crippen LogP contribution < -0.4 is 5.32 Å². The Morgan fingerprint density at radius 2 is 1.95 bits per heavy atom. The largest absolute Gasteiger partial charge is 0.362 e. The van der Waals surface area contributed by atoms with Crippen LogP contribution >= 0.6 is 0 Å². The zero-order chi connectivity index (χ0) is 14.8. The number of anilines is 1. The molecule has 0 spiro atoms. The number of aryl methyl sites for hydroxylation is 2. The van der Waals surface area contributed by atoms with Gasteiger partial charge in [0.1, 0.15) is 17.4 Å². The van der Waals surface area contributed by atoms with E-state index in [1.54, 1.807) is 6.33 Å². The Labute approximate surface area is 124 Å². The lowest BCUT2D eigenvalue weighted by Gasteiger charge is -2.15. The summed E-state index contributed by atoms with van der Waals surface area (Å²) in [6.07, 6.45) is 1.59. The van der Waals surface area contributed by atoms with E-state index < -0.39 is 0 Å². The van der Waals surface area contributed by atoms with Gasteiger partial charge in [-0.3, -0.25) is 4.68 Å². The highest BCUT2D eigenvalue weighted by molar-refractivity contribution is 5.87. The third kappa shape index (κ3) is 2.46. The van der Waals surface area contributed by atoms with E-state index in [2.05, 4.69) is 46.4 Å². The van der Waals surface area contributed by atoms with Crippen LogP contribution in [0.2, 0.25) is 0 Å². The Kier molecular flexibility index (Phi) is 3.56. The summed E-state index contributed by atoms with van der Waals surface area (Å²) in [4.78, 5) is 8.77. The summed E-state index contributed by atoms with van der Waals surface area (Å²) >= 11 is 0. The Bertz CT molecular complexity index is 748. The molecule has 0 aliphatic rings. The first-order valence-corrected chi connectivity index (χ1v) is 7.20. The molecule has 5 nitrogen and oxygen atoms in total. The second-order valence-electron chi connectivity index (χ2n) is 5.10. The van der Waals surface area contributed by atoms with Crippen molar-refractivity contribution in [1.82, 2.24) is 19.7 Å². The first-order valence-electron chi connectivity index (χ1n) is 7.20. The monoisotopic (exact) mass is 281 g/mol.